The number of nitrogens with zero attached hydrogens (tertiary/aromatic N) is 2. The number of rotatable bonds is 5. The second-order valence-corrected chi connectivity index (χ2v) is 9.13. The molecule has 0 spiro atoms. The molecular weight excluding hydrogens is 352 g/mol. The predicted octanol–water partition coefficient (Wildman–Crippen LogP) is 2.56. The summed E-state index contributed by atoms with van der Waals surface area (Å²) in [6.07, 6.45) is 5.08. The highest BCUT2D eigenvalue weighted by atomic mass is 32.2. The maximum absolute atomic E-state index is 12.9. The van der Waals surface area contributed by atoms with E-state index in [9.17, 15) is 13.2 Å². The molecule has 1 atom stereocenters. The molecule has 0 aliphatic carbocycles. The number of sulfonamides is 1. The first-order chi connectivity index (χ1) is 12.5. The predicted molar refractivity (Wildman–Crippen MR) is 101 cm³/mol. The average molecular weight is 381 g/mol. The Morgan fingerprint density at radius 3 is 2.54 bits per heavy atom. The van der Waals surface area contributed by atoms with E-state index in [1.807, 2.05) is 29.2 Å². The van der Waals surface area contributed by atoms with E-state index in [0.29, 0.717) is 19.5 Å². The van der Waals surface area contributed by atoms with Crippen LogP contribution in [0.25, 0.3) is 0 Å². The number of methoxy groups -OCH3 is 1. The Balaban J connectivity index is 1.70. The van der Waals surface area contributed by atoms with Gasteiger partial charge >= 0.3 is 0 Å². The van der Waals surface area contributed by atoms with Crippen LogP contribution in [0.2, 0.25) is 0 Å². The molecule has 0 unspecified atom stereocenters. The van der Waals surface area contributed by atoms with Crippen molar-refractivity contribution in [3.8, 4) is 5.75 Å². The summed E-state index contributed by atoms with van der Waals surface area (Å²) in [7, 11) is -1.50. The number of benzene rings is 1. The monoisotopic (exact) mass is 380 g/mol. The SMILES string of the molecule is COc1ccc([C@H]2CCCCCN2C(=O)CCN2CCCS2(=O)=O)cc1. The van der Waals surface area contributed by atoms with Crippen molar-refractivity contribution in [2.75, 3.05) is 32.5 Å². The topological polar surface area (TPSA) is 66.9 Å². The van der Waals surface area contributed by atoms with E-state index in [2.05, 4.69) is 0 Å². The summed E-state index contributed by atoms with van der Waals surface area (Å²) in [6.45, 7) is 1.58. The zero-order valence-electron chi connectivity index (χ0n) is 15.4. The molecule has 0 aromatic heterocycles. The number of ether oxygens (including phenoxy) is 1. The van der Waals surface area contributed by atoms with Crippen LogP contribution in [0.5, 0.6) is 5.75 Å². The molecule has 2 saturated heterocycles. The zero-order valence-corrected chi connectivity index (χ0v) is 16.2. The Morgan fingerprint density at radius 2 is 1.88 bits per heavy atom. The second kappa shape index (κ2) is 8.39. The number of hydrogen-bond acceptors (Lipinski definition) is 4. The standard InChI is InChI=1S/C19H28N2O4S/c1-25-17-9-7-16(8-10-17)18-6-3-2-4-13-21(18)19(22)11-14-20-12-5-15-26(20,23)24/h7-10,18H,2-6,11-15H2,1H3/t18-/m1/s1. The van der Waals surface area contributed by atoms with Crippen molar-refractivity contribution >= 4 is 15.9 Å². The smallest absolute Gasteiger partial charge is 0.224 e. The minimum atomic E-state index is -3.15. The lowest BCUT2D eigenvalue weighted by atomic mass is 10.0. The van der Waals surface area contributed by atoms with E-state index < -0.39 is 10.0 Å². The van der Waals surface area contributed by atoms with Crippen LogP contribution < -0.4 is 4.74 Å². The Hall–Kier alpha value is -1.60. The van der Waals surface area contributed by atoms with Gasteiger partial charge in [-0.3, -0.25) is 4.79 Å². The maximum atomic E-state index is 12.9. The molecule has 1 aromatic rings. The van der Waals surface area contributed by atoms with Crippen molar-refractivity contribution in [1.82, 2.24) is 9.21 Å². The van der Waals surface area contributed by atoms with Crippen molar-refractivity contribution in [1.29, 1.82) is 0 Å². The first kappa shape index (κ1) is 19.2. The van der Waals surface area contributed by atoms with Gasteiger partial charge in [0, 0.05) is 26.1 Å². The van der Waals surface area contributed by atoms with E-state index in [0.717, 1.165) is 43.5 Å². The number of carbonyl (C=O) groups excluding carboxylic acids is 1. The molecule has 0 saturated carbocycles. The maximum Gasteiger partial charge on any atom is 0.224 e. The highest BCUT2D eigenvalue weighted by Gasteiger charge is 2.31. The van der Waals surface area contributed by atoms with Gasteiger partial charge in [-0.05, 0) is 37.0 Å². The minimum Gasteiger partial charge on any atom is -0.497 e. The third-order valence-electron chi connectivity index (χ3n) is 5.35. The third-order valence-corrected chi connectivity index (χ3v) is 7.31. The van der Waals surface area contributed by atoms with Crippen LogP contribution in [0.15, 0.2) is 24.3 Å². The Labute approximate surface area is 156 Å². The molecule has 6 nitrogen and oxygen atoms in total. The van der Waals surface area contributed by atoms with Crippen molar-refractivity contribution in [3.05, 3.63) is 29.8 Å². The third kappa shape index (κ3) is 4.38. The van der Waals surface area contributed by atoms with Gasteiger partial charge in [-0.1, -0.05) is 25.0 Å². The molecule has 2 aliphatic rings. The lowest BCUT2D eigenvalue weighted by molar-refractivity contribution is -0.133. The summed E-state index contributed by atoms with van der Waals surface area (Å²) < 4.78 is 30.6. The molecule has 26 heavy (non-hydrogen) atoms. The molecule has 1 aromatic carbocycles. The summed E-state index contributed by atoms with van der Waals surface area (Å²) in [6, 6.07) is 7.98. The lowest BCUT2D eigenvalue weighted by Gasteiger charge is -2.31. The zero-order chi connectivity index (χ0) is 18.6. The largest absolute Gasteiger partial charge is 0.497 e. The van der Waals surface area contributed by atoms with E-state index in [1.165, 1.54) is 4.31 Å². The Bertz CT molecular complexity index is 718. The van der Waals surface area contributed by atoms with Crippen LogP contribution in [0.1, 0.15) is 50.1 Å². The molecule has 2 heterocycles. The van der Waals surface area contributed by atoms with Gasteiger partial charge in [-0.25, -0.2) is 12.7 Å². The van der Waals surface area contributed by atoms with Crippen LogP contribution in [0.3, 0.4) is 0 Å². The van der Waals surface area contributed by atoms with Crippen LogP contribution in [0, 0.1) is 0 Å². The summed E-state index contributed by atoms with van der Waals surface area (Å²) >= 11 is 0. The highest BCUT2D eigenvalue weighted by Crippen LogP contribution is 2.31. The number of likely N-dealkylation sites (tertiary alicyclic amines) is 1. The summed E-state index contributed by atoms with van der Waals surface area (Å²) in [5.74, 6) is 1.06. The van der Waals surface area contributed by atoms with Crippen LogP contribution in [-0.2, 0) is 14.8 Å². The molecule has 144 valence electrons. The summed E-state index contributed by atoms with van der Waals surface area (Å²) in [5, 5.41) is 0. The van der Waals surface area contributed by atoms with Gasteiger partial charge in [0.05, 0.1) is 18.9 Å². The molecule has 0 bridgehead atoms. The molecule has 2 fully saturated rings. The van der Waals surface area contributed by atoms with Crippen LogP contribution in [-0.4, -0.2) is 56.0 Å². The van der Waals surface area contributed by atoms with E-state index >= 15 is 0 Å². The van der Waals surface area contributed by atoms with Crippen molar-refractivity contribution in [2.24, 2.45) is 0 Å². The first-order valence-corrected chi connectivity index (χ1v) is 11.0. The lowest BCUT2D eigenvalue weighted by Crippen LogP contribution is -2.37. The molecule has 0 radical (unpaired) electrons. The van der Waals surface area contributed by atoms with Crippen molar-refractivity contribution in [3.63, 3.8) is 0 Å². The number of hydrogen-bond donors (Lipinski definition) is 0. The Morgan fingerprint density at radius 1 is 1.12 bits per heavy atom. The molecule has 2 aliphatic heterocycles. The number of amides is 1. The van der Waals surface area contributed by atoms with Gasteiger partial charge in [0.15, 0.2) is 0 Å². The van der Waals surface area contributed by atoms with E-state index in [4.69, 9.17) is 4.74 Å². The first-order valence-electron chi connectivity index (χ1n) is 9.42. The fourth-order valence-corrected chi connectivity index (χ4v) is 5.41. The van der Waals surface area contributed by atoms with Gasteiger partial charge in [0.25, 0.3) is 0 Å². The molecule has 3 rings (SSSR count). The average Bonchev–Trinajstić information content (AvgIpc) is 2.84. The fraction of sp³-hybridized carbons (Fsp3) is 0.632. The van der Waals surface area contributed by atoms with Crippen LogP contribution >= 0.6 is 0 Å². The number of carbonyl (C=O) groups is 1. The molecule has 7 heteroatoms. The fourth-order valence-electron chi connectivity index (χ4n) is 3.89. The minimum absolute atomic E-state index is 0.0508. The molecular formula is C19H28N2O4S. The van der Waals surface area contributed by atoms with Crippen LogP contribution in [0.4, 0.5) is 0 Å². The Kier molecular flexibility index (Phi) is 6.19. The quantitative estimate of drug-likeness (QED) is 0.787. The summed E-state index contributed by atoms with van der Waals surface area (Å²) in [5.41, 5.74) is 1.12. The molecule has 0 N–H and O–H groups in total. The van der Waals surface area contributed by atoms with E-state index in [1.54, 1.807) is 7.11 Å². The van der Waals surface area contributed by atoms with Crippen molar-refractivity contribution in [2.45, 2.75) is 44.6 Å². The second-order valence-electron chi connectivity index (χ2n) is 7.04. The summed E-state index contributed by atoms with van der Waals surface area (Å²) in [4.78, 5) is 14.9. The van der Waals surface area contributed by atoms with Gasteiger partial charge < -0.3 is 9.64 Å². The van der Waals surface area contributed by atoms with E-state index in [-0.39, 0.29) is 24.1 Å². The van der Waals surface area contributed by atoms with Gasteiger partial charge in [0.2, 0.25) is 15.9 Å². The highest BCUT2D eigenvalue weighted by molar-refractivity contribution is 7.89. The normalized spacial score (nSPS) is 23.6. The van der Waals surface area contributed by atoms with Gasteiger partial charge in [-0.2, -0.15) is 0 Å². The molecule has 1 amide bonds. The van der Waals surface area contributed by atoms with Gasteiger partial charge in [-0.15, -0.1) is 0 Å². The van der Waals surface area contributed by atoms with Gasteiger partial charge in [0.1, 0.15) is 5.75 Å². The van der Waals surface area contributed by atoms with Crippen molar-refractivity contribution < 1.29 is 17.9 Å².